The Labute approximate surface area is 160 Å². The Balaban J connectivity index is 1.91. The van der Waals surface area contributed by atoms with E-state index >= 15 is 0 Å². The van der Waals surface area contributed by atoms with Crippen LogP contribution in [0.2, 0.25) is 0 Å². The second-order valence-corrected chi connectivity index (χ2v) is 7.99. The number of para-hydroxylation sites is 1. The number of amides is 1. The van der Waals surface area contributed by atoms with Crippen LogP contribution in [0.25, 0.3) is 11.6 Å². The minimum atomic E-state index is -0.817. The zero-order chi connectivity index (χ0) is 19.6. The van der Waals surface area contributed by atoms with Crippen LogP contribution in [0.1, 0.15) is 38.3 Å². The first kappa shape index (κ1) is 18.9. The molecule has 2 aromatic carbocycles. The second kappa shape index (κ2) is 7.39. The molecule has 1 aliphatic rings. The lowest BCUT2D eigenvalue weighted by Crippen LogP contribution is -2.35. The van der Waals surface area contributed by atoms with Crippen LogP contribution in [0.15, 0.2) is 54.6 Å². The molecule has 4 nitrogen and oxygen atoms in total. The van der Waals surface area contributed by atoms with E-state index in [1.165, 1.54) is 0 Å². The molecule has 0 saturated heterocycles. The number of carboxylic acid groups (broad SMARTS) is 1. The molecule has 2 aromatic rings. The Morgan fingerprint density at radius 3 is 2.33 bits per heavy atom. The van der Waals surface area contributed by atoms with Crippen molar-refractivity contribution in [2.24, 2.45) is 11.3 Å². The van der Waals surface area contributed by atoms with E-state index in [4.69, 9.17) is 0 Å². The lowest BCUT2D eigenvalue weighted by molar-refractivity contribution is -0.145. The Morgan fingerprint density at radius 1 is 1.07 bits per heavy atom. The van der Waals surface area contributed by atoms with Gasteiger partial charge in [0.15, 0.2) is 0 Å². The van der Waals surface area contributed by atoms with E-state index in [1.807, 2.05) is 81.4 Å². The molecule has 140 valence electrons. The standard InChI is InChI=1S/C23H25NO3/c1-23(2,3)19(22(26)27)13-14-24-20-12-8-7-11-17(20)18(21(24)25)15-16-9-5-4-6-10-16/h4-12,15,19H,13-14H2,1-3H3,(H,26,27)/b18-15-. The molecule has 0 aliphatic carbocycles. The summed E-state index contributed by atoms with van der Waals surface area (Å²) >= 11 is 0. The first-order valence-electron chi connectivity index (χ1n) is 9.20. The van der Waals surface area contributed by atoms with Crippen LogP contribution in [0, 0.1) is 11.3 Å². The average Bonchev–Trinajstić information content (AvgIpc) is 2.87. The second-order valence-electron chi connectivity index (χ2n) is 7.99. The predicted octanol–water partition coefficient (Wildman–Crippen LogP) is 4.71. The largest absolute Gasteiger partial charge is 0.481 e. The van der Waals surface area contributed by atoms with E-state index in [1.54, 1.807) is 4.90 Å². The monoisotopic (exact) mass is 363 g/mol. The molecule has 0 bridgehead atoms. The first-order chi connectivity index (χ1) is 12.8. The van der Waals surface area contributed by atoms with Crippen molar-refractivity contribution in [2.45, 2.75) is 27.2 Å². The minimum absolute atomic E-state index is 0.0712. The zero-order valence-corrected chi connectivity index (χ0v) is 16.0. The summed E-state index contributed by atoms with van der Waals surface area (Å²) in [6.45, 7) is 6.15. The lowest BCUT2D eigenvalue weighted by Gasteiger charge is -2.28. The van der Waals surface area contributed by atoms with Crippen molar-refractivity contribution in [2.75, 3.05) is 11.4 Å². The molecule has 27 heavy (non-hydrogen) atoms. The molecule has 1 unspecified atom stereocenters. The lowest BCUT2D eigenvalue weighted by atomic mass is 9.79. The number of fused-ring (bicyclic) bond motifs is 1. The fourth-order valence-corrected chi connectivity index (χ4v) is 3.57. The van der Waals surface area contributed by atoms with Gasteiger partial charge >= 0.3 is 5.97 Å². The van der Waals surface area contributed by atoms with Gasteiger partial charge in [-0.25, -0.2) is 0 Å². The maximum absolute atomic E-state index is 13.1. The predicted molar refractivity (Wildman–Crippen MR) is 108 cm³/mol. The molecule has 4 heteroatoms. The molecule has 1 atom stereocenters. The molecule has 1 heterocycles. The van der Waals surface area contributed by atoms with Gasteiger partial charge in [-0.2, -0.15) is 0 Å². The number of aliphatic carboxylic acids is 1. The van der Waals surface area contributed by atoms with E-state index in [0.29, 0.717) is 18.5 Å². The average molecular weight is 363 g/mol. The van der Waals surface area contributed by atoms with Gasteiger partial charge in [0.2, 0.25) is 0 Å². The number of carbonyl (C=O) groups excluding carboxylic acids is 1. The van der Waals surface area contributed by atoms with E-state index in [0.717, 1.165) is 16.8 Å². The summed E-state index contributed by atoms with van der Waals surface area (Å²) in [5.41, 5.74) is 3.00. The maximum atomic E-state index is 13.1. The fraction of sp³-hybridized carbons (Fsp3) is 0.304. The van der Waals surface area contributed by atoms with Gasteiger partial charge in [-0.1, -0.05) is 69.3 Å². The van der Waals surface area contributed by atoms with Crippen molar-refractivity contribution in [1.29, 1.82) is 0 Å². The number of benzene rings is 2. The third-order valence-electron chi connectivity index (χ3n) is 5.06. The molecule has 1 N–H and O–H groups in total. The number of carboxylic acids is 1. The van der Waals surface area contributed by atoms with Crippen LogP contribution < -0.4 is 4.90 Å². The molecule has 3 rings (SSSR count). The highest BCUT2D eigenvalue weighted by molar-refractivity contribution is 6.35. The van der Waals surface area contributed by atoms with E-state index in [2.05, 4.69) is 0 Å². The summed E-state index contributed by atoms with van der Waals surface area (Å²) in [7, 11) is 0. The van der Waals surface area contributed by atoms with Gasteiger partial charge in [-0.05, 0) is 29.5 Å². The van der Waals surface area contributed by atoms with Gasteiger partial charge in [0, 0.05) is 17.7 Å². The molecule has 0 radical (unpaired) electrons. The van der Waals surface area contributed by atoms with Crippen LogP contribution in [0.3, 0.4) is 0 Å². The van der Waals surface area contributed by atoms with Crippen molar-refractivity contribution in [3.8, 4) is 0 Å². The number of nitrogens with zero attached hydrogens (tertiary/aromatic N) is 1. The number of hydrogen-bond acceptors (Lipinski definition) is 2. The molecular formula is C23H25NO3. The van der Waals surface area contributed by atoms with Crippen molar-refractivity contribution >= 4 is 29.2 Å². The molecule has 0 saturated carbocycles. The minimum Gasteiger partial charge on any atom is -0.481 e. The van der Waals surface area contributed by atoms with Gasteiger partial charge in [0.25, 0.3) is 5.91 Å². The van der Waals surface area contributed by atoms with E-state index in [-0.39, 0.29) is 11.3 Å². The summed E-state index contributed by atoms with van der Waals surface area (Å²) in [5, 5.41) is 9.58. The topological polar surface area (TPSA) is 57.6 Å². The Bertz CT molecular complexity index is 878. The van der Waals surface area contributed by atoms with Gasteiger partial charge in [-0.3, -0.25) is 9.59 Å². The van der Waals surface area contributed by atoms with Gasteiger partial charge in [-0.15, -0.1) is 0 Å². The van der Waals surface area contributed by atoms with Crippen molar-refractivity contribution in [3.63, 3.8) is 0 Å². The third kappa shape index (κ3) is 3.95. The van der Waals surface area contributed by atoms with Crippen LogP contribution in [0.4, 0.5) is 5.69 Å². The molecular weight excluding hydrogens is 338 g/mol. The van der Waals surface area contributed by atoms with Gasteiger partial charge in [0.05, 0.1) is 11.6 Å². The first-order valence-corrected chi connectivity index (χ1v) is 9.20. The van der Waals surface area contributed by atoms with Crippen molar-refractivity contribution in [3.05, 3.63) is 65.7 Å². The highest BCUT2D eigenvalue weighted by Crippen LogP contribution is 2.39. The number of hydrogen-bond donors (Lipinski definition) is 1. The number of anilines is 1. The number of carbonyl (C=O) groups is 2. The molecule has 1 amide bonds. The Morgan fingerprint density at radius 2 is 1.70 bits per heavy atom. The van der Waals surface area contributed by atoms with E-state index in [9.17, 15) is 14.7 Å². The zero-order valence-electron chi connectivity index (χ0n) is 16.0. The quantitative estimate of drug-likeness (QED) is 0.783. The SMILES string of the molecule is CC(C)(C)C(CCN1C(=O)/C(=C\c2ccccc2)c2ccccc21)C(=O)O. The number of rotatable bonds is 5. The van der Waals surface area contributed by atoms with Gasteiger partial charge in [0.1, 0.15) is 0 Å². The fourth-order valence-electron chi connectivity index (χ4n) is 3.57. The third-order valence-corrected chi connectivity index (χ3v) is 5.06. The summed E-state index contributed by atoms with van der Waals surface area (Å²) < 4.78 is 0. The highest BCUT2D eigenvalue weighted by atomic mass is 16.4. The molecule has 0 spiro atoms. The van der Waals surface area contributed by atoms with Crippen LogP contribution in [0.5, 0.6) is 0 Å². The molecule has 0 aromatic heterocycles. The van der Waals surface area contributed by atoms with Crippen LogP contribution in [-0.2, 0) is 9.59 Å². The van der Waals surface area contributed by atoms with Gasteiger partial charge < -0.3 is 10.0 Å². The Kier molecular flexibility index (Phi) is 5.17. The van der Waals surface area contributed by atoms with Crippen molar-refractivity contribution < 1.29 is 14.7 Å². The summed E-state index contributed by atoms with van der Waals surface area (Å²) in [4.78, 5) is 26.5. The summed E-state index contributed by atoms with van der Waals surface area (Å²) in [6, 6.07) is 17.4. The van der Waals surface area contributed by atoms with Crippen LogP contribution in [-0.4, -0.2) is 23.5 Å². The summed E-state index contributed by atoms with van der Waals surface area (Å²) in [5.74, 6) is -1.40. The maximum Gasteiger partial charge on any atom is 0.307 e. The van der Waals surface area contributed by atoms with Crippen molar-refractivity contribution in [1.82, 2.24) is 0 Å². The molecule has 0 fully saturated rings. The Hall–Kier alpha value is -2.88. The summed E-state index contributed by atoms with van der Waals surface area (Å²) in [6.07, 6.45) is 2.32. The molecule has 1 aliphatic heterocycles. The smallest absolute Gasteiger partial charge is 0.307 e. The van der Waals surface area contributed by atoms with E-state index < -0.39 is 11.9 Å². The normalized spacial score (nSPS) is 16.5. The highest BCUT2D eigenvalue weighted by Gasteiger charge is 2.35. The van der Waals surface area contributed by atoms with Crippen LogP contribution >= 0.6 is 0 Å².